The van der Waals surface area contributed by atoms with Gasteiger partial charge in [-0.3, -0.25) is 14.6 Å². The number of rotatable bonds is 6. The van der Waals surface area contributed by atoms with Gasteiger partial charge in [-0.1, -0.05) is 35.9 Å². The number of pyridine rings is 1. The van der Waals surface area contributed by atoms with Crippen LogP contribution in [-0.2, 0) is 0 Å². The lowest BCUT2D eigenvalue weighted by Gasteiger charge is -2.17. The molecular weight excluding hydrogens is 466 g/mol. The van der Waals surface area contributed by atoms with Gasteiger partial charge in [0.25, 0.3) is 11.8 Å². The number of amides is 2. The molecule has 0 saturated heterocycles. The summed E-state index contributed by atoms with van der Waals surface area (Å²) in [5, 5.41) is 19.9. The number of carbonyl (C=O) groups excluding carboxylic acids is 2. The van der Waals surface area contributed by atoms with Crippen molar-refractivity contribution in [1.82, 2.24) is 20.1 Å². The highest BCUT2D eigenvalue weighted by molar-refractivity contribution is 6.34. The topological polar surface area (TPSA) is 109 Å². The van der Waals surface area contributed by atoms with E-state index in [2.05, 4.69) is 20.7 Å². The molecule has 4 rings (SSSR count). The zero-order chi connectivity index (χ0) is 25.2. The number of nitrogens with one attached hydrogen (secondary N) is 2. The van der Waals surface area contributed by atoms with Gasteiger partial charge < -0.3 is 15.7 Å². The third-order valence-electron chi connectivity index (χ3n) is 5.10. The van der Waals surface area contributed by atoms with Crippen molar-refractivity contribution in [3.8, 4) is 16.9 Å². The summed E-state index contributed by atoms with van der Waals surface area (Å²) in [4.78, 5) is 30.3. The molecule has 3 N–H and O–H groups in total. The van der Waals surface area contributed by atoms with E-state index in [-0.39, 0.29) is 22.1 Å². The molecule has 2 heterocycles. The molecule has 9 heteroatoms. The number of para-hydroxylation sites is 1. The number of benzene rings is 2. The fourth-order valence-corrected chi connectivity index (χ4v) is 3.82. The molecule has 0 bridgehead atoms. The van der Waals surface area contributed by atoms with Crippen molar-refractivity contribution in [3.05, 3.63) is 94.8 Å². The molecule has 178 valence electrons. The molecule has 0 spiro atoms. The zero-order valence-electron chi connectivity index (χ0n) is 19.4. The van der Waals surface area contributed by atoms with Gasteiger partial charge in [-0.15, -0.1) is 0 Å². The first-order valence-corrected chi connectivity index (χ1v) is 11.2. The van der Waals surface area contributed by atoms with Crippen LogP contribution in [-0.4, -0.2) is 37.4 Å². The highest BCUT2D eigenvalue weighted by Gasteiger charge is 2.23. The number of aryl methyl sites for hydroxylation is 1. The van der Waals surface area contributed by atoms with Gasteiger partial charge in [0, 0.05) is 17.8 Å². The Kier molecular flexibility index (Phi) is 6.68. The van der Waals surface area contributed by atoms with Crippen LogP contribution in [0, 0.1) is 6.92 Å². The van der Waals surface area contributed by atoms with E-state index in [1.807, 2.05) is 43.3 Å². The molecule has 0 aliphatic heterocycles. The number of anilines is 1. The van der Waals surface area contributed by atoms with Gasteiger partial charge in [0.2, 0.25) is 0 Å². The molecule has 2 amide bonds. The third kappa shape index (κ3) is 5.56. The van der Waals surface area contributed by atoms with Crippen LogP contribution in [0.2, 0.25) is 5.02 Å². The molecule has 0 aliphatic rings. The average Bonchev–Trinajstić information content (AvgIpc) is 3.23. The molecule has 2 aromatic carbocycles. The normalized spacial score (nSPS) is 11.2. The number of halogens is 1. The largest absolute Gasteiger partial charge is 0.372 e. The maximum atomic E-state index is 13.3. The summed E-state index contributed by atoms with van der Waals surface area (Å²) in [7, 11) is 0. The monoisotopic (exact) mass is 489 g/mol. The van der Waals surface area contributed by atoms with Crippen LogP contribution in [0.3, 0.4) is 0 Å². The van der Waals surface area contributed by atoms with Crippen LogP contribution in [0.4, 0.5) is 5.82 Å². The second kappa shape index (κ2) is 9.69. The van der Waals surface area contributed by atoms with E-state index in [0.717, 1.165) is 16.8 Å². The van der Waals surface area contributed by atoms with E-state index < -0.39 is 17.5 Å². The average molecular weight is 490 g/mol. The number of aromatic nitrogens is 3. The molecule has 0 saturated carbocycles. The second-order valence-electron chi connectivity index (χ2n) is 8.49. The molecule has 8 nitrogen and oxygen atoms in total. The summed E-state index contributed by atoms with van der Waals surface area (Å²) in [6.45, 7) is 4.79. The molecule has 0 aliphatic carbocycles. The Morgan fingerprint density at radius 2 is 1.71 bits per heavy atom. The van der Waals surface area contributed by atoms with Gasteiger partial charge in [-0.25, -0.2) is 4.68 Å². The summed E-state index contributed by atoms with van der Waals surface area (Å²) >= 11 is 6.44. The van der Waals surface area contributed by atoms with Crippen molar-refractivity contribution in [3.63, 3.8) is 0 Å². The Bertz CT molecular complexity index is 1380. The molecule has 0 unspecified atom stereocenters. The highest BCUT2D eigenvalue weighted by Crippen LogP contribution is 2.29. The molecule has 35 heavy (non-hydrogen) atoms. The fraction of sp³-hybridized carbons (Fsp3) is 0.154. The minimum absolute atomic E-state index is 0.0236. The number of carbonyl (C=O) groups is 2. The van der Waals surface area contributed by atoms with Crippen LogP contribution in [0.5, 0.6) is 0 Å². The molecule has 4 aromatic rings. The summed E-state index contributed by atoms with van der Waals surface area (Å²) in [5.41, 5.74) is 1.85. The second-order valence-corrected chi connectivity index (χ2v) is 8.90. The van der Waals surface area contributed by atoms with Crippen LogP contribution in [0.25, 0.3) is 16.9 Å². The van der Waals surface area contributed by atoms with Crippen molar-refractivity contribution in [2.45, 2.75) is 26.5 Å². The van der Waals surface area contributed by atoms with Crippen LogP contribution < -0.4 is 10.6 Å². The van der Waals surface area contributed by atoms with Crippen LogP contribution in [0.1, 0.15) is 40.3 Å². The summed E-state index contributed by atoms with van der Waals surface area (Å²) in [5.74, 6) is -0.801. The lowest BCUT2D eigenvalue weighted by molar-refractivity contribution is 0.0372. The standard InChI is InChI=1S/C26H24ClN5O3/c1-16-13-20(27)19(14-18(16)21-11-7-8-12-28-21)24(33)29-23-15-22(25(34)30-26(2,3)35)31-32(23)17-9-5-4-6-10-17/h4-15,35H,1-3H3,(H,29,33)(H,30,34). The Hall–Kier alpha value is -4.01. The maximum Gasteiger partial charge on any atom is 0.274 e. The Labute approximate surface area is 207 Å². The van der Waals surface area contributed by atoms with E-state index >= 15 is 0 Å². The number of hydrogen-bond acceptors (Lipinski definition) is 5. The van der Waals surface area contributed by atoms with Gasteiger partial charge in [-0.05, 0) is 62.7 Å². The third-order valence-corrected chi connectivity index (χ3v) is 5.42. The molecule has 0 radical (unpaired) electrons. The fourth-order valence-electron chi connectivity index (χ4n) is 3.52. The van der Waals surface area contributed by atoms with Crippen molar-refractivity contribution < 1.29 is 14.7 Å². The van der Waals surface area contributed by atoms with Gasteiger partial charge in [0.05, 0.1) is 22.0 Å². The van der Waals surface area contributed by atoms with E-state index in [4.69, 9.17) is 11.6 Å². The van der Waals surface area contributed by atoms with E-state index in [9.17, 15) is 14.7 Å². The first-order valence-electron chi connectivity index (χ1n) is 10.9. The summed E-state index contributed by atoms with van der Waals surface area (Å²) < 4.78 is 1.44. The molecule has 0 fully saturated rings. The van der Waals surface area contributed by atoms with E-state index in [0.29, 0.717) is 5.69 Å². The van der Waals surface area contributed by atoms with Crippen molar-refractivity contribution in [1.29, 1.82) is 0 Å². The lowest BCUT2D eigenvalue weighted by atomic mass is 10.0. The summed E-state index contributed by atoms with van der Waals surface area (Å²) in [6, 6.07) is 19.5. The predicted octanol–water partition coefficient (Wildman–Crippen LogP) is 4.61. The van der Waals surface area contributed by atoms with Crippen LogP contribution in [0.15, 0.2) is 72.9 Å². The summed E-state index contributed by atoms with van der Waals surface area (Å²) in [6.07, 6.45) is 1.68. The van der Waals surface area contributed by atoms with Crippen molar-refractivity contribution >= 4 is 29.2 Å². The molecule has 0 atom stereocenters. The quantitative estimate of drug-likeness (QED) is 0.343. The smallest absolute Gasteiger partial charge is 0.274 e. The van der Waals surface area contributed by atoms with E-state index in [1.165, 1.54) is 24.6 Å². The number of hydrogen-bond donors (Lipinski definition) is 3. The highest BCUT2D eigenvalue weighted by atomic mass is 35.5. The van der Waals surface area contributed by atoms with Gasteiger partial charge >= 0.3 is 0 Å². The maximum absolute atomic E-state index is 13.3. The molecular formula is C26H24ClN5O3. The first kappa shape index (κ1) is 24.1. The Morgan fingerprint density at radius 1 is 1.00 bits per heavy atom. The minimum atomic E-state index is -1.44. The number of aliphatic hydroxyl groups is 1. The predicted molar refractivity (Wildman–Crippen MR) is 135 cm³/mol. The van der Waals surface area contributed by atoms with Crippen molar-refractivity contribution in [2.75, 3.05) is 5.32 Å². The Balaban J connectivity index is 1.72. The Morgan fingerprint density at radius 3 is 2.37 bits per heavy atom. The zero-order valence-corrected chi connectivity index (χ0v) is 20.2. The first-order chi connectivity index (χ1) is 16.6. The van der Waals surface area contributed by atoms with Crippen molar-refractivity contribution in [2.24, 2.45) is 0 Å². The lowest BCUT2D eigenvalue weighted by Crippen LogP contribution is -2.43. The van der Waals surface area contributed by atoms with Crippen LogP contribution >= 0.6 is 11.6 Å². The van der Waals surface area contributed by atoms with Gasteiger partial charge in [-0.2, -0.15) is 5.10 Å². The molecule has 2 aromatic heterocycles. The number of nitrogens with zero attached hydrogens (tertiary/aromatic N) is 3. The van der Waals surface area contributed by atoms with E-state index in [1.54, 1.807) is 30.5 Å². The van der Waals surface area contributed by atoms with Gasteiger partial charge in [0.1, 0.15) is 11.5 Å². The minimum Gasteiger partial charge on any atom is -0.372 e. The SMILES string of the molecule is Cc1cc(Cl)c(C(=O)Nc2cc(C(=O)NC(C)(C)O)nn2-c2ccccc2)cc1-c1ccccn1. The van der Waals surface area contributed by atoms with Gasteiger partial charge in [0.15, 0.2) is 5.69 Å².